The molecule has 1 N–H and O–H groups in total. The van der Waals surface area contributed by atoms with Gasteiger partial charge in [-0.3, -0.25) is 4.99 Å². The van der Waals surface area contributed by atoms with Crippen molar-refractivity contribution in [2.45, 2.75) is 58.2 Å². The number of hydrogen-bond acceptors (Lipinski definition) is 4. The average Bonchev–Trinajstić information content (AvgIpc) is 3.24. The fourth-order valence-electron chi connectivity index (χ4n) is 4.11. The predicted molar refractivity (Wildman–Crippen MR) is 114 cm³/mol. The molecule has 2 aliphatic heterocycles. The Morgan fingerprint density at radius 2 is 2.17 bits per heavy atom. The second kappa shape index (κ2) is 9.87. The maximum Gasteiger partial charge on any atom is 0.194 e. The van der Waals surface area contributed by atoms with Crippen LogP contribution in [0.5, 0.6) is 0 Å². The van der Waals surface area contributed by atoms with Crippen LogP contribution in [0.25, 0.3) is 0 Å². The summed E-state index contributed by atoms with van der Waals surface area (Å²) in [5.74, 6) is 2.01. The number of aromatic nitrogens is 3. The van der Waals surface area contributed by atoms with Crippen LogP contribution >= 0.6 is 0 Å². The molecule has 7 heteroatoms. The van der Waals surface area contributed by atoms with E-state index >= 15 is 0 Å². The first kappa shape index (κ1) is 19.9. The fraction of sp³-hybridized carbons (Fsp3) is 0.591. The maximum absolute atomic E-state index is 5.89. The number of benzene rings is 1. The number of aliphatic imine (C=N–C) groups is 1. The molecule has 2 aromatic rings. The quantitative estimate of drug-likeness (QED) is 0.600. The molecule has 29 heavy (non-hydrogen) atoms. The molecule has 156 valence electrons. The van der Waals surface area contributed by atoms with Gasteiger partial charge < -0.3 is 19.5 Å². The van der Waals surface area contributed by atoms with E-state index in [9.17, 15) is 0 Å². The first-order chi connectivity index (χ1) is 14.3. The van der Waals surface area contributed by atoms with Crippen LogP contribution in [0.3, 0.4) is 0 Å². The topological polar surface area (TPSA) is 67.6 Å². The molecule has 1 aromatic heterocycles. The fourth-order valence-corrected chi connectivity index (χ4v) is 4.11. The number of fused-ring (bicyclic) bond motifs is 1. The Kier molecular flexibility index (Phi) is 6.77. The minimum atomic E-state index is 0.252. The highest BCUT2D eigenvalue weighted by molar-refractivity contribution is 5.80. The molecule has 0 spiro atoms. The van der Waals surface area contributed by atoms with Crippen molar-refractivity contribution in [2.75, 3.05) is 26.2 Å². The largest absolute Gasteiger partial charge is 0.376 e. The zero-order valence-electron chi connectivity index (χ0n) is 17.4. The summed E-state index contributed by atoms with van der Waals surface area (Å²) in [6, 6.07) is 8.73. The molecule has 1 aromatic carbocycles. The monoisotopic (exact) mass is 396 g/mol. The Hall–Kier alpha value is -2.41. The molecule has 0 radical (unpaired) electrons. The summed E-state index contributed by atoms with van der Waals surface area (Å²) in [7, 11) is 0. The Balaban J connectivity index is 1.42. The van der Waals surface area contributed by atoms with E-state index < -0.39 is 0 Å². The first-order valence-electron chi connectivity index (χ1n) is 10.9. The second-order valence-corrected chi connectivity index (χ2v) is 7.81. The molecular formula is C22H32N6O. The van der Waals surface area contributed by atoms with Gasteiger partial charge in [0, 0.05) is 39.2 Å². The van der Waals surface area contributed by atoms with E-state index in [1.807, 2.05) is 6.33 Å². The first-order valence-corrected chi connectivity index (χ1v) is 10.9. The molecular weight excluding hydrogens is 364 g/mol. The minimum absolute atomic E-state index is 0.252. The van der Waals surface area contributed by atoms with Gasteiger partial charge in [-0.2, -0.15) is 0 Å². The van der Waals surface area contributed by atoms with Gasteiger partial charge in [0.2, 0.25) is 0 Å². The van der Waals surface area contributed by atoms with E-state index in [0.717, 1.165) is 70.4 Å². The SMILES string of the molecule is CCc1nncn1CCNC(=NCC1CCCCO1)N1CCc2ccccc2C1. The molecule has 7 nitrogen and oxygen atoms in total. The molecule has 1 fully saturated rings. The zero-order valence-corrected chi connectivity index (χ0v) is 17.4. The van der Waals surface area contributed by atoms with E-state index in [-0.39, 0.29) is 6.10 Å². The third-order valence-electron chi connectivity index (χ3n) is 5.80. The number of nitrogens with one attached hydrogen (secondary N) is 1. The van der Waals surface area contributed by atoms with Gasteiger partial charge in [-0.05, 0) is 36.8 Å². The molecule has 0 saturated carbocycles. The van der Waals surface area contributed by atoms with Crippen LogP contribution in [0.4, 0.5) is 0 Å². The van der Waals surface area contributed by atoms with Gasteiger partial charge in [-0.15, -0.1) is 10.2 Å². The summed E-state index contributed by atoms with van der Waals surface area (Å²) in [6.07, 6.45) is 7.54. The van der Waals surface area contributed by atoms with E-state index in [1.54, 1.807) is 0 Å². The number of rotatable bonds is 6. The van der Waals surface area contributed by atoms with Gasteiger partial charge in [-0.25, -0.2) is 0 Å². The zero-order chi connectivity index (χ0) is 19.9. The normalized spacial score (nSPS) is 19.8. The van der Waals surface area contributed by atoms with Crippen LogP contribution in [0.15, 0.2) is 35.6 Å². The van der Waals surface area contributed by atoms with Crippen LogP contribution in [0.2, 0.25) is 0 Å². The van der Waals surface area contributed by atoms with Crippen molar-refractivity contribution in [1.82, 2.24) is 25.0 Å². The van der Waals surface area contributed by atoms with Crippen molar-refractivity contribution < 1.29 is 4.74 Å². The third-order valence-corrected chi connectivity index (χ3v) is 5.80. The van der Waals surface area contributed by atoms with E-state index in [2.05, 4.69) is 56.2 Å². The summed E-state index contributed by atoms with van der Waals surface area (Å²) < 4.78 is 8.00. The number of ether oxygens (including phenoxy) is 1. The molecule has 4 rings (SSSR count). The van der Waals surface area contributed by atoms with Gasteiger partial charge >= 0.3 is 0 Å². The Morgan fingerprint density at radius 3 is 3.00 bits per heavy atom. The molecule has 0 aliphatic carbocycles. The standard InChI is InChI=1S/C22H32N6O/c1-2-21-26-25-17-28(21)13-11-23-22(24-15-20-9-5-6-14-29-20)27-12-10-18-7-3-4-8-19(18)16-27/h3-4,7-8,17,20H,2,5-6,9-16H2,1H3,(H,23,24). The highest BCUT2D eigenvalue weighted by Crippen LogP contribution is 2.19. The number of hydrogen-bond donors (Lipinski definition) is 1. The number of nitrogens with zero attached hydrogens (tertiary/aromatic N) is 5. The third kappa shape index (κ3) is 5.15. The van der Waals surface area contributed by atoms with Crippen LogP contribution in [-0.2, 0) is 30.7 Å². The van der Waals surface area contributed by atoms with Crippen molar-refractivity contribution in [3.8, 4) is 0 Å². The summed E-state index contributed by atoms with van der Waals surface area (Å²) in [6.45, 7) is 7.23. The summed E-state index contributed by atoms with van der Waals surface area (Å²) in [5.41, 5.74) is 2.85. The minimum Gasteiger partial charge on any atom is -0.376 e. The lowest BCUT2D eigenvalue weighted by Crippen LogP contribution is -2.45. The molecule has 0 bridgehead atoms. The smallest absolute Gasteiger partial charge is 0.194 e. The van der Waals surface area contributed by atoms with Gasteiger partial charge in [0.1, 0.15) is 12.2 Å². The Bertz CT molecular complexity index is 811. The molecule has 1 unspecified atom stereocenters. The summed E-state index contributed by atoms with van der Waals surface area (Å²) in [5, 5.41) is 11.8. The highest BCUT2D eigenvalue weighted by Gasteiger charge is 2.20. The second-order valence-electron chi connectivity index (χ2n) is 7.81. The van der Waals surface area contributed by atoms with Crippen molar-refractivity contribution in [3.05, 3.63) is 47.5 Å². The lowest BCUT2D eigenvalue weighted by molar-refractivity contribution is 0.0223. The molecule has 2 aliphatic rings. The van der Waals surface area contributed by atoms with Crippen LogP contribution in [0, 0.1) is 0 Å². The van der Waals surface area contributed by atoms with Gasteiger partial charge in [0.25, 0.3) is 0 Å². The molecule has 0 amide bonds. The van der Waals surface area contributed by atoms with Gasteiger partial charge in [0.15, 0.2) is 5.96 Å². The van der Waals surface area contributed by atoms with E-state index in [0.29, 0.717) is 0 Å². The van der Waals surface area contributed by atoms with Gasteiger partial charge in [0.05, 0.1) is 12.6 Å². The maximum atomic E-state index is 5.89. The van der Waals surface area contributed by atoms with E-state index in [4.69, 9.17) is 9.73 Å². The van der Waals surface area contributed by atoms with Gasteiger partial charge in [-0.1, -0.05) is 31.2 Å². The average molecular weight is 397 g/mol. The van der Waals surface area contributed by atoms with Crippen molar-refractivity contribution in [1.29, 1.82) is 0 Å². The highest BCUT2D eigenvalue weighted by atomic mass is 16.5. The number of aryl methyl sites for hydroxylation is 1. The van der Waals surface area contributed by atoms with Crippen LogP contribution in [0.1, 0.15) is 43.1 Å². The summed E-state index contributed by atoms with van der Waals surface area (Å²) in [4.78, 5) is 7.34. The van der Waals surface area contributed by atoms with E-state index in [1.165, 1.54) is 24.0 Å². The lowest BCUT2D eigenvalue weighted by Gasteiger charge is -2.32. The van der Waals surface area contributed by atoms with Crippen LogP contribution < -0.4 is 5.32 Å². The molecule has 1 atom stereocenters. The summed E-state index contributed by atoms with van der Waals surface area (Å²) >= 11 is 0. The molecule has 3 heterocycles. The van der Waals surface area contributed by atoms with Crippen molar-refractivity contribution >= 4 is 5.96 Å². The van der Waals surface area contributed by atoms with Crippen molar-refractivity contribution in [2.24, 2.45) is 4.99 Å². The molecule has 1 saturated heterocycles. The number of guanidine groups is 1. The van der Waals surface area contributed by atoms with Crippen molar-refractivity contribution in [3.63, 3.8) is 0 Å². The lowest BCUT2D eigenvalue weighted by atomic mass is 10.0. The Morgan fingerprint density at radius 1 is 1.28 bits per heavy atom. The van der Waals surface area contributed by atoms with Crippen LogP contribution in [-0.4, -0.2) is 58.0 Å². The Labute approximate surface area is 173 Å². The predicted octanol–water partition coefficient (Wildman–Crippen LogP) is 2.41.